The largest absolute Gasteiger partial charge is 0.113 e. The lowest BCUT2D eigenvalue weighted by Crippen LogP contribution is -2.48. The molecule has 0 spiro atoms. The van der Waals surface area contributed by atoms with Crippen LogP contribution in [0, 0.1) is 0 Å². The molecule has 6 heteroatoms. The Bertz CT molecular complexity index is 1350. The van der Waals surface area contributed by atoms with Crippen LogP contribution in [-0.2, 0) is 0 Å². The Morgan fingerprint density at radius 1 is 0.615 bits per heavy atom. The van der Waals surface area contributed by atoms with Crippen molar-refractivity contribution in [1.29, 1.82) is 0 Å². The Kier molecular flexibility index (Phi) is 6.37. The highest BCUT2D eigenvalue weighted by Crippen LogP contribution is 2.72. The van der Waals surface area contributed by atoms with Crippen LogP contribution < -0.4 is 0 Å². The standard InChI is InChI=1S/C33H32S6/c1-18-26(16-28-34-22-12-5-6-13-23(22)35-28)38-32(3)30(18)20-10-9-11-21(20)31-19(2)27(39-33(31,32)4)17-29-36-24-14-7-8-15-25(24)37-29/h5-8,12-17,22-25H,9-11H2,1-4H3. The molecule has 0 nitrogen and oxygen atoms in total. The van der Waals surface area contributed by atoms with Crippen LogP contribution in [0.4, 0.5) is 0 Å². The van der Waals surface area contributed by atoms with Gasteiger partial charge in [-0.05, 0) is 92.5 Å². The predicted octanol–water partition coefficient (Wildman–Crippen LogP) is 10.7. The molecule has 6 unspecified atom stereocenters. The fourth-order valence-corrected chi connectivity index (χ4v) is 16.9. The van der Waals surface area contributed by atoms with Gasteiger partial charge in [-0.1, -0.05) is 48.6 Å². The number of thioether (sulfide) groups is 6. The first-order valence-electron chi connectivity index (χ1n) is 13.9. The second kappa shape index (κ2) is 9.50. The third-order valence-corrected chi connectivity index (χ3v) is 18.6. The molecule has 4 aliphatic heterocycles. The molecular formula is C33H32S6. The Labute approximate surface area is 258 Å². The molecule has 39 heavy (non-hydrogen) atoms. The molecule has 0 bridgehead atoms. The van der Waals surface area contributed by atoms with Gasteiger partial charge in [0.25, 0.3) is 0 Å². The average Bonchev–Trinajstić information content (AvgIpc) is 3.71. The number of hydrogen-bond donors (Lipinski definition) is 0. The molecule has 0 amide bonds. The van der Waals surface area contributed by atoms with Gasteiger partial charge in [0.15, 0.2) is 0 Å². The molecule has 0 aromatic heterocycles. The Balaban J connectivity index is 1.17. The van der Waals surface area contributed by atoms with Crippen molar-refractivity contribution in [3.05, 3.63) is 112 Å². The minimum Gasteiger partial charge on any atom is -0.113 e. The SMILES string of the molecule is CC1=C(C=C2SC3C=CC=CC3S2)SC2(C)C1=C1CCCC1=C1C(C)=C(C=C3SC4C=CC=CC4S3)SC12C. The molecule has 8 aliphatic rings. The van der Waals surface area contributed by atoms with E-state index in [9.17, 15) is 0 Å². The molecule has 0 aromatic rings. The molecule has 8 rings (SSSR count). The van der Waals surface area contributed by atoms with Gasteiger partial charge in [-0.3, -0.25) is 0 Å². The fraction of sp³-hybridized carbons (Fsp3) is 0.394. The van der Waals surface area contributed by atoms with E-state index in [0.29, 0.717) is 21.0 Å². The monoisotopic (exact) mass is 620 g/mol. The summed E-state index contributed by atoms with van der Waals surface area (Å²) in [7, 11) is 0. The quantitative estimate of drug-likeness (QED) is 0.299. The lowest BCUT2D eigenvalue weighted by Gasteiger charge is -2.48. The van der Waals surface area contributed by atoms with Crippen molar-refractivity contribution in [3.8, 4) is 0 Å². The van der Waals surface area contributed by atoms with E-state index in [2.05, 4.69) is 159 Å². The molecule has 6 atom stereocenters. The van der Waals surface area contributed by atoms with Gasteiger partial charge in [0.2, 0.25) is 0 Å². The van der Waals surface area contributed by atoms with Crippen molar-refractivity contribution in [2.24, 2.45) is 0 Å². The maximum absolute atomic E-state index is 2.57. The van der Waals surface area contributed by atoms with E-state index in [1.54, 1.807) is 33.4 Å². The molecule has 0 aromatic carbocycles. The summed E-state index contributed by atoms with van der Waals surface area (Å²) >= 11 is 12.6. The topological polar surface area (TPSA) is 0 Å². The van der Waals surface area contributed by atoms with Crippen molar-refractivity contribution < 1.29 is 0 Å². The zero-order valence-corrected chi connectivity index (χ0v) is 27.6. The smallest absolute Gasteiger partial charge is 0.0621 e. The predicted molar refractivity (Wildman–Crippen MR) is 184 cm³/mol. The van der Waals surface area contributed by atoms with Crippen LogP contribution in [-0.4, -0.2) is 30.5 Å². The van der Waals surface area contributed by atoms with Crippen LogP contribution in [0.5, 0.6) is 0 Å². The summed E-state index contributed by atoms with van der Waals surface area (Å²) in [6, 6.07) is 0. The summed E-state index contributed by atoms with van der Waals surface area (Å²) in [5, 5.41) is 2.33. The van der Waals surface area contributed by atoms with E-state index in [4.69, 9.17) is 0 Å². The summed E-state index contributed by atoms with van der Waals surface area (Å²) in [6.07, 6.45) is 27.2. The highest BCUT2D eigenvalue weighted by atomic mass is 32.2. The second-order valence-corrected chi connectivity index (χ2v) is 19.9. The molecule has 0 radical (unpaired) electrons. The minimum absolute atomic E-state index is 0.0457. The Morgan fingerprint density at radius 3 is 1.33 bits per heavy atom. The lowest BCUT2D eigenvalue weighted by atomic mass is 9.69. The van der Waals surface area contributed by atoms with Crippen LogP contribution in [0.25, 0.3) is 0 Å². The molecule has 3 fully saturated rings. The molecule has 4 aliphatic carbocycles. The molecule has 200 valence electrons. The summed E-state index contributed by atoms with van der Waals surface area (Å²) < 4.78 is 3.06. The minimum atomic E-state index is 0.0457. The first-order chi connectivity index (χ1) is 18.9. The van der Waals surface area contributed by atoms with Gasteiger partial charge in [-0.25, -0.2) is 0 Å². The highest BCUT2D eigenvalue weighted by Gasteiger charge is 2.61. The molecule has 4 heterocycles. The summed E-state index contributed by atoms with van der Waals surface area (Å²) in [4.78, 5) is 3.01. The summed E-state index contributed by atoms with van der Waals surface area (Å²) in [5.41, 5.74) is 9.80. The first-order valence-corrected chi connectivity index (χ1v) is 19.1. The Morgan fingerprint density at radius 2 is 0.974 bits per heavy atom. The van der Waals surface area contributed by atoms with Crippen molar-refractivity contribution in [2.45, 2.75) is 77.5 Å². The van der Waals surface area contributed by atoms with Gasteiger partial charge in [-0.15, -0.1) is 70.6 Å². The van der Waals surface area contributed by atoms with E-state index in [1.807, 2.05) is 0 Å². The fourth-order valence-electron chi connectivity index (χ4n) is 7.43. The number of rotatable bonds is 2. The summed E-state index contributed by atoms with van der Waals surface area (Å²) in [5.74, 6) is 0. The van der Waals surface area contributed by atoms with Crippen molar-refractivity contribution in [1.82, 2.24) is 0 Å². The molecule has 0 N–H and O–H groups in total. The van der Waals surface area contributed by atoms with Gasteiger partial charge in [0.05, 0.1) is 9.49 Å². The van der Waals surface area contributed by atoms with Crippen molar-refractivity contribution in [3.63, 3.8) is 0 Å². The van der Waals surface area contributed by atoms with Crippen LogP contribution in [0.1, 0.15) is 47.0 Å². The summed E-state index contributed by atoms with van der Waals surface area (Å²) in [6.45, 7) is 9.99. The molecular weight excluding hydrogens is 589 g/mol. The maximum atomic E-state index is 2.57. The van der Waals surface area contributed by atoms with Gasteiger partial charge in [0.1, 0.15) is 0 Å². The second-order valence-electron chi connectivity index (χ2n) is 11.6. The number of fused-ring (bicyclic) bond motifs is 6. The maximum Gasteiger partial charge on any atom is 0.0621 e. The molecule has 2 saturated heterocycles. The van der Waals surface area contributed by atoms with Crippen molar-refractivity contribution in [2.75, 3.05) is 0 Å². The van der Waals surface area contributed by atoms with Gasteiger partial charge in [0, 0.05) is 39.3 Å². The van der Waals surface area contributed by atoms with E-state index in [0.717, 1.165) is 0 Å². The highest BCUT2D eigenvalue weighted by molar-refractivity contribution is 8.26. The van der Waals surface area contributed by atoms with Crippen molar-refractivity contribution >= 4 is 70.6 Å². The van der Waals surface area contributed by atoms with Crippen LogP contribution in [0.15, 0.2) is 112 Å². The van der Waals surface area contributed by atoms with Crippen LogP contribution in [0.3, 0.4) is 0 Å². The molecule has 1 saturated carbocycles. The van der Waals surface area contributed by atoms with Gasteiger partial charge >= 0.3 is 0 Å². The van der Waals surface area contributed by atoms with E-state index >= 15 is 0 Å². The average molecular weight is 621 g/mol. The zero-order valence-electron chi connectivity index (χ0n) is 22.7. The normalized spacial score (nSPS) is 39.7. The van der Waals surface area contributed by atoms with E-state index in [1.165, 1.54) is 37.5 Å². The third-order valence-electron chi connectivity index (χ3n) is 9.38. The zero-order chi connectivity index (χ0) is 26.5. The Hall–Kier alpha value is -0.500. The van der Waals surface area contributed by atoms with Gasteiger partial charge in [-0.2, -0.15) is 0 Å². The van der Waals surface area contributed by atoms with Crippen LogP contribution in [0.2, 0.25) is 0 Å². The van der Waals surface area contributed by atoms with E-state index < -0.39 is 0 Å². The first kappa shape index (κ1) is 26.2. The number of allylic oxidation sites excluding steroid dienone is 10. The van der Waals surface area contributed by atoms with Gasteiger partial charge < -0.3 is 0 Å². The van der Waals surface area contributed by atoms with Crippen LogP contribution >= 0.6 is 70.6 Å². The lowest BCUT2D eigenvalue weighted by molar-refractivity contribution is 0.598. The van der Waals surface area contributed by atoms with E-state index in [-0.39, 0.29) is 9.49 Å². The third kappa shape index (κ3) is 3.87. The number of hydrogen-bond acceptors (Lipinski definition) is 6.